The first-order valence-corrected chi connectivity index (χ1v) is 11.7. The SMILES string of the molecule is Cc1nn(-c2ccccc2)c(N2CCCC2)c1C=Nn1cnc2c(cnn2-c2ccccc2)c1=O. The summed E-state index contributed by atoms with van der Waals surface area (Å²) in [4.78, 5) is 20.0. The van der Waals surface area contributed by atoms with E-state index >= 15 is 0 Å². The van der Waals surface area contributed by atoms with Crippen LogP contribution in [0.3, 0.4) is 0 Å². The number of para-hydroxylation sites is 2. The molecular formula is C26H24N8O. The first-order chi connectivity index (χ1) is 17.2. The van der Waals surface area contributed by atoms with Gasteiger partial charge in [0.2, 0.25) is 0 Å². The van der Waals surface area contributed by atoms with Crippen LogP contribution in [-0.4, -0.2) is 48.5 Å². The number of anilines is 1. The highest BCUT2D eigenvalue weighted by Crippen LogP contribution is 2.29. The van der Waals surface area contributed by atoms with E-state index < -0.39 is 0 Å². The number of hydrogen-bond acceptors (Lipinski definition) is 6. The van der Waals surface area contributed by atoms with Gasteiger partial charge in [-0.15, -0.1) is 0 Å². The molecule has 0 saturated carbocycles. The fraction of sp³-hybridized carbons (Fsp3) is 0.192. The van der Waals surface area contributed by atoms with Gasteiger partial charge in [-0.1, -0.05) is 36.4 Å². The van der Waals surface area contributed by atoms with Gasteiger partial charge >= 0.3 is 0 Å². The third-order valence-corrected chi connectivity index (χ3v) is 6.27. The van der Waals surface area contributed by atoms with E-state index in [4.69, 9.17) is 5.10 Å². The summed E-state index contributed by atoms with van der Waals surface area (Å²) >= 11 is 0. The van der Waals surface area contributed by atoms with Crippen LogP contribution in [0.5, 0.6) is 0 Å². The summed E-state index contributed by atoms with van der Waals surface area (Å²) in [6, 6.07) is 19.7. The van der Waals surface area contributed by atoms with Gasteiger partial charge in [0.15, 0.2) is 5.65 Å². The summed E-state index contributed by atoms with van der Waals surface area (Å²) in [6.45, 7) is 3.89. The quantitative estimate of drug-likeness (QED) is 0.371. The van der Waals surface area contributed by atoms with E-state index in [9.17, 15) is 4.79 Å². The summed E-state index contributed by atoms with van der Waals surface area (Å²) in [5.41, 5.74) is 3.80. The van der Waals surface area contributed by atoms with Crippen LogP contribution >= 0.6 is 0 Å². The highest BCUT2D eigenvalue weighted by Gasteiger charge is 2.23. The molecule has 9 heteroatoms. The van der Waals surface area contributed by atoms with Crippen LogP contribution in [0.15, 0.2) is 83.1 Å². The van der Waals surface area contributed by atoms with Gasteiger partial charge in [0.25, 0.3) is 5.56 Å². The molecule has 4 heterocycles. The lowest BCUT2D eigenvalue weighted by Crippen LogP contribution is -2.22. The lowest BCUT2D eigenvalue weighted by Gasteiger charge is -2.20. The second-order valence-electron chi connectivity index (χ2n) is 8.53. The van der Waals surface area contributed by atoms with E-state index in [1.54, 1.807) is 10.9 Å². The molecule has 1 aliphatic heterocycles. The average molecular weight is 465 g/mol. The Labute approximate surface area is 201 Å². The second-order valence-corrected chi connectivity index (χ2v) is 8.53. The fourth-order valence-corrected chi connectivity index (χ4v) is 4.52. The monoisotopic (exact) mass is 464 g/mol. The van der Waals surface area contributed by atoms with E-state index in [0.717, 1.165) is 54.4 Å². The predicted molar refractivity (Wildman–Crippen MR) is 136 cm³/mol. The largest absolute Gasteiger partial charge is 0.356 e. The van der Waals surface area contributed by atoms with Crippen molar-refractivity contribution in [2.45, 2.75) is 19.8 Å². The summed E-state index contributed by atoms with van der Waals surface area (Å²) in [7, 11) is 0. The number of aryl methyl sites for hydroxylation is 1. The molecule has 0 N–H and O–H groups in total. The van der Waals surface area contributed by atoms with Crippen LogP contribution < -0.4 is 10.5 Å². The molecule has 0 bridgehead atoms. The maximum absolute atomic E-state index is 13.2. The molecule has 174 valence electrons. The van der Waals surface area contributed by atoms with Crippen molar-refractivity contribution in [3.8, 4) is 11.4 Å². The van der Waals surface area contributed by atoms with Crippen molar-refractivity contribution >= 4 is 23.1 Å². The second kappa shape index (κ2) is 8.68. The minimum Gasteiger partial charge on any atom is -0.356 e. The Morgan fingerprint density at radius 2 is 1.57 bits per heavy atom. The van der Waals surface area contributed by atoms with Crippen LogP contribution in [0.1, 0.15) is 24.1 Å². The van der Waals surface area contributed by atoms with Crippen LogP contribution in [0.2, 0.25) is 0 Å². The zero-order valence-electron chi connectivity index (χ0n) is 19.3. The molecule has 1 aliphatic rings. The van der Waals surface area contributed by atoms with E-state index in [2.05, 4.69) is 20.1 Å². The molecule has 0 spiro atoms. The molecule has 0 amide bonds. The molecule has 3 aromatic heterocycles. The molecule has 2 aromatic carbocycles. The Hall–Kier alpha value is -4.53. The maximum Gasteiger partial charge on any atom is 0.285 e. The summed E-state index contributed by atoms with van der Waals surface area (Å²) < 4.78 is 4.88. The molecule has 35 heavy (non-hydrogen) atoms. The standard InChI is InChI=1S/C26H24N8O/c1-19-22(25(31-14-8-9-15-31)34(30-19)21-12-6-3-7-13-21)16-28-32-18-27-24-23(26(32)35)17-29-33(24)20-10-4-2-5-11-20/h2-7,10-13,16-18H,8-9,14-15H2,1H3. The summed E-state index contributed by atoms with van der Waals surface area (Å²) in [5.74, 6) is 0.994. The van der Waals surface area contributed by atoms with Gasteiger partial charge < -0.3 is 4.90 Å². The number of aromatic nitrogens is 6. The molecule has 0 atom stereocenters. The van der Waals surface area contributed by atoms with E-state index in [0.29, 0.717) is 11.0 Å². The van der Waals surface area contributed by atoms with Gasteiger partial charge in [-0.2, -0.15) is 20.0 Å². The topological polar surface area (TPSA) is 86.1 Å². The first-order valence-electron chi connectivity index (χ1n) is 11.7. The number of fused-ring (bicyclic) bond motifs is 1. The Morgan fingerprint density at radius 1 is 0.914 bits per heavy atom. The zero-order valence-corrected chi connectivity index (χ0v) is 19.3. The van der Waals surface area contributed by atoms with Crippen LogP contribution in [0, 0.1) is 6.92 Å². The highest BCUT2D eigenvalue weighted by molar-refractivity contribution is 5.89. The molecule has 1 saturated heterocycles. The minimum absolute atomic E-state index is 0.274. The molecular weight excluding hydrogens is 440 g/mol. The molecule has 6 rings (SSSR count). The molecule has 5 aromatic rings. The number of nitrogens with zero attached hydrogens (tertiary/aromatic N) is 8. The van der Waals surface area contributed by atoms with Gasteiger partial charge in [0.05, 0.1) is 35.0 Å². The minimum atomic E-state index is -0.274. The summed E-state index contributed by atoms with van der Waals surface area (Å²) in [6.07, 6.45) is 6.97. The Bertz CT molecular complexity index is 1570. The van der Waals surface area contributed by atoms with E-state index in [1.807, 2.05) is 72.3 Å². The lowest BCUT2D eigenvalue weighted by molar-refractivity contribution is 0.808. The van der Waals surface area contributed by atoms with Crippen LogP contribution in [0.4, 0.5) is 5.82 Å². The van der Waals surface area contributed by atoms with Crippen molar-refractivity contribution in [1.82, 2.24) is 29.2 Å². The zero-order chi connectivity index (χ0) is 23.8. The van der Waals surface area contributed by atoms with E-state index in [-0.39, 0.29) is 5.56 Å². The Kier molecular flexibility index (Phi) is 5.21. The number of hydrogen-bond donors (Lipinski definition) is 0. The third-order valence-electron chi connectivity index (χ3n) is 6.27. The van der Waals surface area contributed by atoms with Gasteiger partial charge in [-0.05, 0) is 44.0 Å². The highest BCUT2D eigenvalue weighted by atomic mass is 16.1. The van der Waals surface area contributed by atoms with Crippen molar-refractivity contribution in [2.24, 2.45) is 5.10 Å². The van der Waals surface area contributed by atoms with Gasteiger partial charge in [0, 0.05) is 13.1 Å². The third kappa shape index (κ3) is 3.71. The van der Waals surface area contributed by atoms with Crippen LogP contribution in [-0.2, 0) is 0 Å². The van der Waals surface area contributed by atoms with E-state index in [1.165, 1.54) is 17.2 Å². The van der Waals surface area contributed by atoms with Crippen molar-refractivity contribution < 1.29 is 0 Å². The Balaban J connectivity index is 1.42. The fourth-order valence-electron chi connectivity index (χ4n) is 4.52. The number of rotatable bonds is 5. The molecule has 0 aliphatic carbocycles. The Morgan fingerprint density at radius 3 is 2.26 bits per heavy atom. The first kappa shape index (κ1) is 21.0. The summed E-state index contributed by atoms with van der Waals surface area (Å²) in [5, 5.41) is 14.1. The smallest absolute Gasteiger partial charge is 0.285 e. The van der Waals surface area contributed by atoms with Gasteiger partial charge in [0.1, 0.15) is 17.5 Å². The van der Waals surface area contributed by atoms with Crippen LogP contribution in [0.25, 0.3) is 22.4 Å². The lowest BCUT2D eigenvalue weighted by atomic mass is 10.2. The number of benzene rings is 2. The molecule has 1 fully saturated rings. The van der Waals surface area contributed by atoms with Gasteiger partial charge in [-0.3, -0.25) is 4.79 Å². The van der Waals surface area contributed by atoms with Crippen molar-refractivity contribution in [2.75, 3.05) is 18.0 Å². The maximum atomic E-state index is 13.2. The van der Waals surface area contributed by atoms with Crippen molar-refractivity contribution in [3.05, 3.63) is 94.8 Å². The molecule has 9 nitrogen and oxygen atoms in total. The molecule has 0 radical (unpaired) electrons. The van der Waals surface area contributed by atoms with Crippen molar-refractivity contribution in [1.29, 1.82) is 0 Å². The van der Waals surface area contributed by atoms with Crippen molar-refractivity contribution in [3.63, 3.8) is 0 Å². The average Bonchev–Trinajstić information content (AvgIpc) is 3.64. The predicted octanol–water partition coefficient (Wildman–Crippen LogP) is 3.56. The normalized spacial score (nSPS) is 13.9. The molecule has 0 unspecified atom stereocenters. The van der Waals surface area contributed by atoms with Gasteiger partial charge in [-0.25, -0.2) is 14.3 Å².